The van der Waals surface area contributed by atoms with Crippen molar-refractivity contribution in [3.05, 3.63) is 5.92 Å². The molecule has 0 fully saturated rings. The molecule has 0 aliphatic rings. The Morgan fingerprint density at radius 1 is 0.762 bits per heavy atom. The molecule has 0 bridgehead atoms. The van der Waals surface area contributed by atoms with Crippen molar-refractivity contribution in [2.24, 2.45) is 0 Å². The fraction of sp³-hybridized carbons (Fsp3) is 0.545. The van der Waals surface area contributed by atoms with Crippen LogP contribution in [-0.4, -0.2) is 68.8 Å². The van der Waals surface area contributed by atoms with E-state index in [4.69, 9.17) is 20.4 Å². The van der Waals surface area contributed by atoms with Gasteiger partial charge in [0.2, 0.25) is 12.8 Å². The fourth-order valence-corrected chi connectivity index (χ4v) is 1.63. The first kappa shape index (κ1) is 21.6. The largest absolute Gasteiger partial charge is 0.564 e. The summed E-state index contributed by atoms with van der Waals surface area (Å²) in [6.45, 7) is -0.561. The molecule has 0 aromatic rings. The number of hydrogen-bond donors (Lipinski definition) is 0. The van der Waals surface area contributed by atoms with Crippen LogP contribution in [-0.2, 0) is 38.7 Å². The summed E-state index contributed by atoms with van der Waals surface area (Å²) in [5, 5.41) is 27.4. The SMILES string of the molecule is O=C([OH2+])C[C+](CCN(CC(=O)[OH2+])CC(=O)[OH2+])CC(=O)[OH2+].[Zn]. The molecule has 0 amide bonds. The van der Waals surface area contributed by atoms with Crippen molar-refractivity contribution < 1.29 is 59.1 Å². The third kappa shape index (κ3) is 13.1. The summed E-state index contributed by atoms with van der Waals surface area (Å²) < 4.78 is 0. The zero-order valence-electron chi connectivity index (χ0n) is 11.5. The van der Waals surface area contributed by atoms with Crippen LogP contribution >= 0.6 is 0 Å². The predicted molar refractivity (Wildman–Crippen MR) is 68.0 cm³/mol. The van der Waals surface area contributed by atoms with Crippen molar-refractivity contribution in [1.82, 2.24) is 4.90 Å². The van der Waals surface area contributed by atoms with Gasteiger partial charge in [-0.05, 0) is 0 Å². The van der Waals surface area contributed by atoms with Gasteiger partial charge in [-0.3, -0.25) is 4.90 Å². The molecule has 21 heavy (non-hydrogen) atoms. The van der Waals surface area contributed by atoms with E-state index < -0.39 is 23.9 Å². The van der Waals surface area contributed by atoms with Crippen LogP contribution in [0, 0.1) is 5.92 Å². The average molecular weight is 360 g/mol. The van der Waals surface area contributed by atoms with Gasteiger partial charge in [-0.15, -0.1) is 0 Å². The third-order valence-corrected chi connectivity index (χ3v) is 2.34. The van der Waals surface area contributed by atoms with E-state index in [9.17, 15) is 19.2 Å². The molecule has 0 heterocycles. The van der Waals surface area contributed by atoms with E-state index in [0.717, 1.165) is 0 Å². The molecule has 0 spiro atoms. The second kappa shape index (κ2) is 11.0. The Hall–Kier alpha value is -1.67. The van der Waals surface area contributed by atoms with Crippen LogP contribution in [0.3, 0.4) is 0 Å². The van der Waals surface area contributed by atoms with Gasteiger partial charge in [0.15, 0.2) is 13.1 Å². The summed E-state index contributed by atoms with van der Waals surface area (Å²) >= 11 is 0. The molecule has 0 aromatic heterocycles. The van der Waals surface area contributed by atoms with Crippen LogP contribution in [0.2, 0.25) is 0 Å². The van der Waals surface area contributed by atoms with Crippen LogP contribution in [0.25, 0.3) is 0 Å². The Labute approximate surface area is 133 Å². The second-order valence-electron chi connectivity index (χ2n) is 4.26. The molecule has 0 aromatic carbocycles. The van der Waals surface area contributed by atoms with Crippen molar-refractivity contribution in [2.45, 2.75) is 19.3 Å². The molecule has 0 rings (SSSR count). The Bertz CT molecular complexity index is 318. The Balaban J connectivity index is 0. The van der Waals surface area contributed by atoms with Crippen LogP contribution < -0.4 is 0 Å². The third-order valence-electron chi connectivity index (χ3n) is 2.34. The first-order valence-electron chi connectivity index (χ1n) is 5.74. The van der Waals surface area contributed by atoms with Crippen LogP contribution in [0.15, 0.2) is 0 Å². The maximum atomic E-state index is 10.7. The Morgan fingerprint density at radius 2 is 1.14 bits per heavy atom. The average Bonchev–Trinajstić information content (AvgIpc) is 2.22. The molecule has 0 aliphatic heterocycles. The maximum absolute atomic E-state index is 10.7. The zero-order valence-corrected chi connectivity index (χ0v) is 14.5. The van der Waals surface area contributed by atoms with Gasteiger partial charge < -0.3 is 20.4 Å². The van der Waals surface area contributed by atoms with Crippen LogP contribution in [0.1, 0.15) is 19.3 Å². The van der Waals surface area contributed by atoms with E-state index in [1.165, 1.54) is 4.90 Å². The van der Waals surface area contributed by atoms with E-state index in [2.05, 4.69) is 0 Å². The van der Waals surface area contributed by atoms with Gasteiger partial charge in [-0.1, -0.05) is 0 Å². The number of nitrogens with zero attached hydrogens (tertiary/aromatic N) is 1. The Morgan fingerprint density at radius 3 is 1.43 bits per heavy atom. The normalized spacial score (nSPS) is 9.76. The quantitative estimate of drug-likeness (QED) is 0.208. The van der Waals surface area contributed by atoms with Crippen LogP contribution in [0.5, 0.6) is 0 Å². The van der Waals surface area contributed by atoms with E-state index in [-0.39, 0.29) is 58.4 Å². The second-order valence-corrected chi connectivity index (χ2v) is 4.26. The summed E-state index contributed by atoms with van der Waals surface area (Å²) in [4.78, 5) is 44.1. The zero-order chi connectivity index (χ0) is 15.7. The van der Waals surface area contributed by atoms with Gasteiger partial charge >= 0.3 is 23.9 Å². The van der Waals surface area contributed by atoms with Crippen molar-refractivity contribution in [3.8, 4) is 0 Å². The van der Waals surface area contributed by atoms with Crippen LogP contribution in [0.4, 0.5) is 0 Å². The Kier molecular flexibility index (Phi) is 11.4. The van der Waals surface area contributed by atoms with E-state index >= 15 is 0 Å². The van der Waals surface area contributed by atoms with Gasteiger partial charge in [0.1, 0.15) is 12.3 Å². The first-order chi connectivity index (χ1) is 9.20. The molecule has 0 aliphatic carbocycles. The molecule has 0 saturated carbocycles. The predicted octanol–water partition coefficient (Wildman–Crippen LogP) is -3.96. The fourth-order valence-electron chi connectivity index (χ4n) is 1.63. The van der Waals surface area contributed by atoms with E-state index in [1.807, 2.05) is 0 Å². The summed E-state index contributed by atoms with van der Waals surface area (Å²) in [6.07, 6.45) is -0.375. The van der Waals surface area contributed by atoms with E-state index in [0.29, 0.717) is 5.92 Å². The smallest absolute Gasteiger partial charge is 0.561 e. The summed E-state index contributed by atoms with van der Waals surface area (Å²) in [5.74, 6) is -3.24. The minimum atomic E-state index is -0.916. The molecule has 0 radical (unpaired) electrons. The van der Waals surface area contributed by atoms with Gasteiger partial charge in [-0.2, -0.15) is 0 Å². The molecule has 10 heteroatoms. The molecular formula is C11H20NO8Zn+5. The minimum absolute atomic E-state index is 0. The molecular weight excluding hydrogens is 340 g/mol. The summed E-state index contributed by atoms with van der Waals surface area (Å²) in [7, 11) is 0. The molecule has 0 atom stereocenters. The molecule has 114 valence electrons. The minimum Gasteiger partial charge on any atom is -0.564 e. The molecule has 0 unspecified atom stereocenters. The van der Waals surface area contributed by atoms with Gasteiger partial charge in [0, 0.05) is 45.2 Å². The molecule has 0 saturated heterocycles. The maximum Gasteiger partial charge on any atom is 0.561 e. The van der Waals surface area contributed by atoms with Gasteiger partial charge in [0.25, 0.3) is 0 Å². The summed E-state index contributed by atoms with van der Waals surface area (Å²) in [6, 6.07) is 0. The first-order valence-corrected chi connectivity index (χ1v) is 5.74. The number of rotatable bonds is 11. The number of carbonyl (C=O) groups excluding carboxylic acids is 4. The van der Waals surface area contributed by atoms with Crippen molar-refractivity contribution in [2.75, 3.05) is 19.6 Å². The van der Waals surface area contributed by atoms with Crippen molar-refractivity contribution >= 4 is 23.9 Å². The summed E-state index contributed by atoms with van der Waals surface area (Å²) in [5.41, 5.74) is 0. The molecule has 8 N–H and O–H groups in total. The standard InChI is InChI=1S/C11H15NO8.Zn/c13-8(14)3-7(4-9(15)16)1-2-12(5-10(17)18)6-11(19)20;/h1-6H2,(H3-,13,14,15,16,17,18,19,20);/p+5. The van der Waals surface area contributed by atoms with Crippen molar-refractivity contribution in [3.63, 3.8) is 0 Å². The number of hydrogen-bond acceptors (Lipinski definition) is 5. The van der Waals surface area contributed by atoms with Gasteiger partial charge in [-0.25, -0.2) is 0 Å². The number of carbonyl (C=O) groups is 4. The monoisotopic (exact) mass is 358 g/mol. The van der Waals surface area contributed by atoms with E-state index in [1.54, 1.807) is 0 Å². The van der Waals surface area contributed by atoms with Crippen molar-refractivity contribution in [1.29, 1.82) is 0 Å². The topological polar surface area (TPSA) is 163 Å². The molecule has 9 nitrogen and oxygen atoms in total. The van der Waals surface area contributed by atoms with Gasteiger partial charge in [0.05, 0.1) is 0 Å².